The number of carbonyl (C=O) groups is 4. The lowest BCUT2D eigenvalue weighted by molar-refractivity contribution is -0.158. The van der Waals surface area contributed by atoms with E-state index in [1.807, 2.05) is 0 Å². The molecule has 26 heavy (non-hydrogen) atoms. The van der Waals surface area contributed by atoms with Gasteiger partial charge in [0.1, 0.15) is 6.04 Å². The number of ether oxygens (including phenoxy) is 3. The Morgan fingerprint density at radius 2 is 1.62 bits per heavy atom. The first-order valence-electron chi connectivity index (χ1n) is 7.24. The van der Waals surface area contributed by atoms with Crippen molar-refractivity contribution in [2.24, 2.45) is 5.92 Å². The molecule has 0 bridgehead atoms. The molecular weight excluding hydrogens is 356 g/mol. The van der Waals surface area contributed by atoms with Crippen molar-refractivity contribution in [1.82, 2.24) is 5.32 Å². The summed E-state index contributed by atoms with van der Waals surface area (Å²) in [7, 11) is 3.05. The molecule has 1 rings (SSSR count). The summed E-state index contributed by atoms with van der Waals surface area (Å²) in [6.07, 6.45) is -0.616. The fraction of sp³-hybridized carbons (Fsp3) is 0.375. The van der Waals surface area contributed by atoms with Crippen molar-refractivity contribution in [2.75, 3.05) is 21.3 Å². The minimum Gasteiger partial charge on any atom is -0.469 e. The Bertz CT molecular complexity index is 708. The molecule has 0 aliphatic heterocycles. The van der Waals surface area contributed by atoms with E-state index in [1.165, 1.54) is 0 Å². The van der Waals surface area contributed by atoms with Crippen LogP contribution in [0.2, 0.25) is 0 Å². The van der Waals surface area contributed by atoms with E-state index >= 15 is 0 Å². The number of hydrogen-bond donors (Lipinski definition) is 1. The highest BCUT2D eigenvalue weighted by Gasteiger charge is 2.39. The van der Waals surface area contributed by atoms with Gasteiger partial charge in [-0.2, -0.15) is 0 Å². The molecule has 142 valence electrons. The number of amides is 1. The zero-order valence-electron chi connectivity index (χ0n) is 14.2. The van der Waals surface area contributed by atoms with Gasteiger partial charge in [-0.1, -0.05) is 6.07 Å². The number of carbonyl (C=O) groups excluding carboxylic acids is 4. The maximum atomic E-state index is 13.8. The van der Waals surface area contributed by atoms with Crippen LogP contribution in [0.5, 0.6) is 0 Å². The average Bonchev–Trinajstić information content (AvgIpc) is 2.64. The molecule has 1 aromatic rings. The molecule has 0 fully saturated rings. The van der Waals surface area contributed by atoms with E-state index in [-0.39, 0.29) is 0 Å². The van der Waals surface area contributed by atoms with Crippen molar-refractivity contribution in [3.8, 4) is 0 Å². The van der Waals surface area contributed by atoms with Gasteiger partial charge in [-0.3, -0.25) is 14.4 Å². The Morgan fingerprint density at radius 3 is 2.15 bits per heavy atom. The number of rotatable bonds is 7. The number of nitrogens with one attached hydrogen (secondary N) is 1. The molecule has 0 unspecified atom stereocenters. The second-order valence-electron chi connectivity index (χ2n) is 4.99. The Hall–Kier alpha value is -3.04. The summed E-state index contributed by atoms with van der Waals surface area (Å²) < 4.78 is 40.5. The predicted octanol–water partition coefficient (Wildman–Crippen LogP) is 0.588. The van der Waals surface area contributed by atoms with Crippen LogP contribution in [0, 0.1) is 17.6 Å². The van der Waals surface area contributed by atoms with Crippen LogP contribution >= 0.6 is 0 Å². The van der Waals surface area contributed by atoms with E-state index in [0.29, 0.717) is 0 Å². The van der Waals surface area contributed by atoms with Gasteiger partial charge in [0, 0.05) is 0 Å². The average molecular weight is 373 g/mol. The van der Waals surface area contributed by atoms with Gasteiger partial charge in [0.25, 0.3) is 5.91 Å². The Labute approximate surface area is 147 Å². The quantitative estimate of drug-likeness (QED) is 0.550. The third-order valence-corrected chi connectivity index (χ3v) is 3.46. The summed E-state index contributed by atoms with van der Waals surface area (Å²) in [6, 6.07) is 1.18. The summed E-state index contributed by atoms with van der Waals surface area (Å²) in [5.41, 5.74) is -0.694. The molecule has 0 spiro atoms. The molecule has 0 aromatic heterocycles. The van der Waals surface area contributed by atoms with Gasteiger partial charge in [0.2, 0.25) is 0 Å². The van der Waals surface area contributed by atoms with Gasteiger partial charge in [-0.15, -0.1) is 0 Å². The largest absolute Gasteiger partial charge is 0.469 e. The molecule has 8 nitrogen and oxygen atoms in total. The molecule has 10 heteroatoms. The minimum atomic E-state index is -1.69. The predicted molar refractivity (Wildman–Crippen MR) is 81.8 cm³/mol. The van der Waals surface area contributed by atoms with Crippen molar-refractivity contribution < 1.29 is 42.2 Å². The number of methoxy groups -OCH3 is 3. The normalized spacial score (nSPS) is 12.5. The van der Waals surface area contributed by atoms with E-state index in [0.717, 1.165) is 39.5 Å². The van der Waals surface area contributed by atoms with E-state index in [1.54, 1.807) is 0 Å². The minimum absolute atomic E-state index is 0.616. The third-order valence-electron chi connectivity index (χ3n) is 3.46. The molecule has 0 heterocycles. The van der Waals surface area contributed by atoms with E-state index in [2.05, 4.69) is 19.5 Å². The topological polar surface area (TPSA) is 108 Å². The van der Waals surface area contributed by atoms with Gasteiger partial charge in [-0.05, 0) is 12.1 Å². The van der Waals surface area contributed by atoms with Crippen LogP contribution in [-0.4, -0.2) is 51.2 Å². The van der Waals surface area contributed by atoms with Crippen LogP contribution in [0.3, 0.4) is 0 Å². The molecule has 0 saturated carbocycles. The molecule has 0 saturated heterocycles. The molecule has 1 amide bonds. The van der Waals surface area contributed by atoms with Gasteiger partial charge in [0.05, 0.1) is 39.2 Å². The number of benzene rings is 1. The standard InChI is InChI=1S/C16H17F2NO7/c1-24-11(20)7-9(15(22)25-2)13(16(23)26-3)19-14(21)8-5-4-6-10(17)12(8)18/h4-6,9,13H,7H2,1-3H3,(H,19,21)/t9-,13-/m0/s1. The van der Waals surface area contributed by atoms with Crippen molar-refractivity contribution >= 4 is 23.8 Å². The van der Waals surface area contributed by atoms with Crippen LogP contribution in [0.25, 0.3) is 0 Å². The van der Waals surface area contributed by atoms with Crippen LogP contribution in [0.4, 0.5) is 8.78 Å². The maximum Gasteiger partial charge on any atom is 0.329 e. The fourth-order valence-corrected chi connectivity index (χ4v) is 2.10. The van der Waals surface area contributed by atoms with Crippen molar-refractivity contribution in [3.63, 3.8) is 0 Å². The van der Waals surface area contributed by atoms with Gasteiger partial charge in [0.15, 0.2) is 11.6 Å². The van der Waals surface area contributed by atoms with Gasteiger partial charge >= 0.3 is 17.9 Å². The number of halogens is 2. The highest BCUT2D eigenvalue weighted by atomic mass is 19.2. The summed E-state index contributed by atoms with van der Waals surface area (Å²) in [6.45, 7) is 0. The summed E-state index contributed by atoms with van der Waals surface area (Å²) in [5.74, 6) is -8.35. The van der Waals surface area contributed by atoms with Crippen molar-refractivity contribution in [1.29, 1.82) is 0 Å². The first-order chi connectivity index (χ1) is 12.3. The monoisotopic (exact) mass is 373 g/mol. The molecule has 0 radical (unpaired) electrons. The van der Waals surface area contributed by atoms with Crippen LogP contribution in [0.15, 0.2) is 18.2 Å². The number of esters is 3. The van der Waals surface area contributed by atoms with E-state index in [9.17, 15) is 28.0 Å². The highest BCUT2D eigenvalue weighted by Crippen LogP contribution is 2.17. The zero-order chi connectivity index (χ0) is 19.9. The summed E-state index contributed by atoms with van der Waals surface area (Å²) >= 11 is 0. The van der Waals surface area contributed by atoms with Crippen LogP contribution in [0.1, 0.15) is 16.8 Å². The Balaban J connectivity index is 3.20. The number of hydrogen-bond acceptors (Lipinski definition) is 7. The van der Waals surface area contributed by atoms with E-state index < -0.39 is 59.4 Å². The summed E-state index contributed by atoms with van der Waals surface area (Å²) in [5, 5.41) is 2.07. The molecule has 2 atom stereocenters. The maximum absolute atomic E-state index is 13.8. The van der Waals surface area contributed by atoms with E-state index in [4.69, 9.17) is 0 Å². The smallest absolute Gasteiger partial charge is 0.329 e. The van der Waals surface area contributed by atoms with Gasteiger partial charge in [-0.25, -0.2) is 13.6 Å². The first-order valence-corrected chi connectivity index (χ1v) is 7.24. The molecule has 1 N–H and O–H groups in total. The lowest BCUT2D eigenvalue weighted by atomic mass is 9.95. The lowest BCUT2D eigenvalue weighted by Gasteiger charge is -2.23. The second-order valence-corrected chi connectivity index (χ2v) is 4.99. The summed E-state index contributed by atoms with van der Waals surface area (Å²) in [4.78, 5) is 47.7. The lowest BCUT2D eigenvalue weighted by Crippen LogP contribution is -2.50. The van der Waals surface area contributed by atoms with Crippen molar-refractivity contribution in [2.45, 2.75) is 12.5 Å². The Kier molecular flexibility index (Phi) is 7.63. The SMILES string of the molecule is COC(=O)C[C@H](C(=O)OC)[C@H](NC(=O)c1cccc(F)c1F)C(=O)OC. The van der Waals surface area contributed by atoms with Crippen molar-refractivity contribution in [3.05, 3.63) is 35.4 Å². The Morgan fingerprint density at radius 1 is 1.00 bits per heavy atom. The fourth-order valence-electron chi connectivity index (χ4n) is 2.10. The molecule has 1 aromatic carbocycles. The third kappa shape index (κ3) is 4.98. The molecule has 0 aliphatic rings. The van der Waals surface area contributed by atoms with Crippen LogP contribution < -0.4 is 5.32 Å². The molecular formula is C16H17F2NO7. The zero-order valence-corrected chi connectivity index (χ0v) is 14.2. The van der Waals surface area contributed by atoms with Gasteiger partial charge < -0.3 is 19.5 Å². The second kappa shape index (κ2) is 9.44. The molecule has 0 aliphatic carbocycles. The first kappa shape index (κ1) is 21.0. The highest BCUT2D eigenvalue weighted by molar-refractivity contribution is 5.98. The van der Waals surface area contributed by atoms with Crippen LogP contribution in [-0.2, 0) is 28.6 Å².